The molecule has 4 amide bonds. The van der Waals surface area contributed by atoms with Crippen molar-refractivity contribution in [2.45, 2.75) is 63.0 Å². The Labute approximate surface area is 179 Å². The first kappa shape index (κ1) is 24.5. The van der Waals surface area contributed by atoms with Gasteiger partial charge in [0.15, 0.2) is 0 Å². The van der Waals surface area contributed by atoms with Crippen LogP contribution in [0.15, 0.2) is 24.3 Å². The lowest BCUT2D eigenvalue weighted by Crippen LogP contribution is -2.64. The first-order chi connectivity index (χ1) is 14.4. The van der Waals surface area contributed by atoms with Crippen molar-refractivity contribution in [1.82, 2.24) is 10.6 Å². The van der Waals surface area contributed by atoms with E-state index in [2.05, 4.69) is 16.0 Å². The normalized spacial score (nSPS) is 26.7. The molecule has 0 saturated heterocycles. The van der Waals surface area contributed by atoms with Crippen molar-refractivity contribution in [3.05, 3.63) is 30.1 Å². The van der Waals surface area contributed by atoms with Gasteiger partial charge >= 0.3 is 6.03 Å². The van der Waals surface area contributed by atoms with Gasteiger partial charge in [-0.3, -0.25) is 9.59 Å². The summed E-state index contributed by atoms with van der Waals surface area (Å²) in [5, 5.41) is 38.4. The summed E-state index contributed by atoms with van der Waals surface area (Å²) in [6.07, 6.45) is -3.67. The first-order valence-corrected chi connectivity index (χ1v) is 9.93. The molecule has 0 bridgehead atoms. The number of nitrogens with two attached hydrogens (primary N) is 1. The molecule has 10 nitrogen and oxygen atoms in total. The lowest BCUT2D eigenvalue weighted by molar-refractivity contribution is -0.159. The fourth-order valence-electron chi connectivity index (χ4n) is 3.54. The molecule has 11 heteroatoms. The Hall–Kier alpha value is -2.76. The van der Waals surface area contributed by atoms with Crippen LogP contribution in [-0.4, -0.2) is 63.1 Å². The van der Waals surface area contributed by atoms with E-state index in [4.69, 9.17) is 5.73 Å². The van der Waals surface area contributed by atoms with Gasteiger partial charge in [0.2, 0.25) is 5.91 Å². The molecule has 0 aliphatic heterocycles. The van der Waals surface area contributed by atoms with E-state index >= 15 is 0 Å². The van der Waals surface area contributed by atoms with Crippen LogP contribution in [0.3, 0.4) is 0 Å². The predicted octanol–water partition coefficient (Wildman–Crippen LogP) is -0.421. The third-order valence-electron chi connectivity index (χ3n) is 5.09. The van der Waals surface area contributed by atoms with E-state index < -0.39 is 66.4 Å². The van der Waals surface area contributed by atoms with E-state index in [9.17, 15) is 34.1 Å². The number of carbonyl (C=O) groups excluding carboxylic acids is 3. The lowest BCUT2D eigenvalue weighted by atomic mass is 9.77. The molecule has 5 unspecified atom stereocenters. The standard InChI is InChI=1S/C20H29FN4O6/c1-10(2)6-13(17(22)28)24-18(29)20(31)8-14(16(27)15(26)9-20)25-19(30)23-12-5-3-4-11(21)7-12/h3-5,7,10,13-16,26-27,31H,6,8-9H2,1-2H3,(H2,22,28)(H,24,29)(H2,23,25,30). The number of anilines is 1. The Morgan fingerprint density at radius 2 is 1.94 bits per heavy atom. The molecule has 1 saturated carbocycles. The molecule has 1 aliphatic rings. The van der Waals surface area contributed by atoms with Crippen LogP contribution in [-0.2, 0) is 9.59 Å². The highest BCUT2D eigenvalue weighted by molar-refractivity contribution is 5.92. The van der Waals surface area contributed by atoms with Gasteiger partial charge < -0.3 is 37.0 Å². The largest absolute Gasteiger partial charge is 0.390 e. The Morgan fingerprint density at radius 3 is 2.52 bits per heavy atom. The second kappa shape index (κ2) is 10.0. The van der Waals surface area contributed by atoms with Gasteiger partial charge in [-0.2, -0.15) is 0 Å². The smallest absolute Gasteiger partial charge is 0.319 e. The maximum Gasteiger partial charge on any atom is 0.319 e. The molecular weight excluding hydrogens is 411 g/mol. The van der Waals surface area contributed by atoms with Crippen LogP contribution in [0.5, 0.6) is 0 Å². The number of aliphatic hydroxyl groups excluding tert-OH is 2. The molecule has 1 aliphatic carbocycles. The van der Waals surface area contributed by atoms with Crippen LogP contribution in [0.25, 0.3) is 0 Å². The molecule has 0 spiro atoms. The van der Waals surface area contributed by atoms with Gasteiger partial charge in [0.05, 0.1) is 12.1 Å². The van der Waals surface area contributed by atoms with Crippen molar-refractivity contribution in [2.24, 2.45) is 11.7 Å². The number of amides is 4. The zero-order valence-corrected chi connectivity index (χ0v) is 17.3. The molecule has 0 heterocycles. The summed E-state index contributed by atoms with van der Waals surface area (Å²) < 4.78 is 13.3. The fraction of sp³-hybridized carbons (Fsp3) is 0.550. The zero-order chi connectivity index (χ0) is 23.3. The van der Waals surface area contributed by atoms with Crippen LogP contribution in [0.2, 0.25) is 0 Å². The van der Waals surface area contributed by atoms with Crippen LogP contribution < -0.4 is 21.7 Å². The van der Waals surface area contributed by atoms with Crippen molar-refractivity contribution < 1.29 is 34.1 Å². The maximum atomic E-state index is 13.3. The van der Waals surface area contributed by atoms with E-state index in [-0.39, 0.29) is 18.0 Å². The molecule has 8 N–H and O–H groups in total. The van der Waals surface area contributed by atoms with Crippen molar-refractivity contribution in [2.75, 3.05) is 5.32 Å². The van der Waals surface area contributed by atoms with Crippen LogP contribution >= 0.6 is 0 Å². The SMILES string of the molecule is CC(C)CC(NC(=O)C1(O)CC(O)C(O)C(NC(=O)Nc2cccc(F)c2)C1)C(N)=O. The first-order valence-electron chi connectivity index (χ1n) is 9.93. The maximum absolute atomic E-state index is 13.3. The minimum atomic E-state index is -2.17. The highest BCUT2D eigenvalue weighted by Crippen LogP contribution is 2.30. The zero-order valence-electron chi connectivity index (χ0n) is 17.3. The van der Waals surface area contributed by atoms with Gasteiger partial charge in [-0.05, 0) is 30.5 Å². The van der Waals surface area contributed by atoms with Crippen molar-refractivity contribution in [3.8, 4) is 0 Å². The number of primary amides is 1. The lowest BCUT2D eigenvalue weighted by Gasteiger charge is -2.41. The molecule has 5 atom stereocenters. The summed E-state index contributed by atoms with van der Waals surface area (Å²) in [6, 6.07) is 2.04. The molecule has 0 radical (unpaired) electrons. The van der Waals surface area contributed by atoms with Crippen molar-refractivity contribution in [1.29, 1.82) is 0 Å². The predicted molar refractivity (Wildman–Crippen MR) is 109 cm³/mol. The molecule has 1 aromatic carbocycles. The third kappa shape index (κ3) is 6.61. The molecule has 0 aromatic heterocycles. The number of rotatable bonds is 7. The van der Waals surface area contributed by atoms with Crippen molar-refractivity contribution >= 4 is 23.5 Å². The van der Waals surface area contributed by atoms with Gasteiger partial charge in [-0.1, -0.05) is 19.9 Å². The van der Waals surface area contributed by atoms with Crippen molar-refractivity contribution in [3.63, 3.8) is 0 Å². The molecule has 1 fully saturated rings. The Morgan fingerprint density at radius 1 is 1.26 bits per heavy atom. The van der Waals surface area contributed by atoms with E-state index in [0.29, 0.717) is 0 Å². The number of halogens is 1. The summed E-state index contributed by atoms with van der Waals surface area (Å²) in [5.41, 5.74) is 3.30. The minimum Gasteiger partial charge on any atom is -0.390 e. The fourth-order valence-corrected chi connectivity index (χ4v) is 3.54. The second-order valence-corrected chi connectivity index (χ2v) is 8.27. The van der Waals surface area contributed by atoms with Gasteiger partial charge in [0.1, 0.15) is 23.6 Å². The summed E-state index contributed by atoms with van der Waals surface area (Å²) >= 11 is 0. The molecule has 1 aromatic rings. The number of carbonyl (C=O) groups is 3. The minimum absolute atomic E-state index is 0.0344. The quantitative estimate of drug-likeness (QED) is 0.303. The number of aliphatic hydroxyl groups is 3. The monoisotopic (exact) mass is 440 g/mol. The Balaban J connectivity index is 2.09. The summed E-state index contributed by atoms with van der Waals surface area (Å²) in [4.78, 5) is 36.6. The second-order valence-electron chi connectivity index (χ2n) is 8.27. The number of urea groups is 1. The van der Waals surface area contributed by atoms with Crippen LogP contribution in [0.1, 0.15) is 33.1 Å². The topological polar surface area (TPSA) is 174 Å². The van der Waals surface area contributed by atoms with E-state index in [1.807, 2.05) is 13.8 Å². The van der Waals surface area contributed by atoms with Gasteiger partial charge in [0.25, 0.3) is 5.91 Å². The number of hydrogen-bond donors (Lipinski definition) is 7. The molecule has 2 rings (SSSR count). The third-order valence-corrected chi connectivity index (χ3v) is 5.09. The summed E-state index contributed by atoms with van der Waals surface area (Å²) in [5.74, 6) is -2.25. The van der Waals surface area contributed by atoms with Gasteiger partial charge in [-0.15, -0.1) is 0 Å². The highest BCUT2D eigenvalue weighted by atomic mass is 19.1. The molecule has 31 heavy (non-hydrogen) atoms. The average Bonchev–Trinajstić information content (AvgIpc) is 2.64. The number of hydrogen-bond acceptors (Lipinski definition) is 6. The van der Waals surface area contributed by atoms with Crippen LogP contribution in [0, 0.1) is 11.7 Å². The molecule has 172 valence electrons. The van der Waals surface area contributed by atoms with E-state index in [0.717, 1.165) is 6.07 Å². The summed E-state index contributed by atoms with van der Waals surface area (Å²) in [7, 11) is 0. The highest BCUT2D eigenvalue weighted by Gasteiger charge is 2.49. The van der Waals surface area contributed by atoms with Crippen LogP contribution in [0.4, 0.5) is 14.9 Å². The average molecular weight is 440 g/mol. The number of nitrogens with one attached hydrogen (secondary N) is 3. The summed E-state index contributed by atoms with van der Waals surface area (Å²) in [6.45, 7) is 3.66. The van der Waals surface area contributed by atoms with E-state index in [1.54, 1.807) is 0 Å². The van der Waals surface area contributed by atoms with Gasteiger partial charge in [0, 0.05) is 18.5 Å². The molecular formula is C20H29FN4O6. The Kier molecular flexibility index (Phi) is 7.93. The van der Waals surface area contributed by atoms with Gasteiger partial charge in [-0.25, -0.2) is 9.18 Å². The number of benzene rings is 1. The van der Waals surface area contributed by atoms with E-state index in [1.165, 1.54) is 18.2 Å². The Bertz CT molecular complexity index is 823.